The van der Waals surface area contributed by atoms with E-state index in [-0.39, 0.29) is 0 Å². The second-order valence-electron chi connectivity index (χ2n) is 3.25. The summed E-state index contributed by atoms with van der Waals surface area (Å²) in [6.07, 6.45) is 0. The fourth-order valence-corrected chi connectivity index (χ4v) is 1.58. The summed E-state index contributed by atoms with van der Waals surface area (Å²) in [5, 5.41) is 2.12. The molecule has 0 unspecified atom stereocenters. The molecule has 0 aliphatic carbocycles. The molecule has 2 aromatic rings. The maximum absolute atomic E-state index is 5.88. The molecular weight excluding hydrogens is 184 g/mol. The molecule has 0 aliphatic rings. The van der Waals surface area contributed by atoms with Crippen molar-refractivity contribution in [3.05, 3.63) is 42.0 Å². The van der Waals surface area contributed by atoms with Gasteiger partial charge in [-0.1, -0.05) is 36.1 Å². The Morgan fingerprint density at radius 1 is 1.00 bits per heavy atom. The lowest BCUT2D eigenvalue weighted by atomic mass is 10.0. The van der Waals surface area contributed by atoms with E-state index in [0.29, 0.717) is 6.54 Å². The third-order valence-corrected chi connectivity index (χ3v) is 2.28. The van der Waals surface area contributed by atoms with E-state index in [4.69, 9.17) is 11.5 Å². The first-order chi connectivity index (χ1) is 7.33. The van der Waals surface area contributed by atoms with E-state index in [9.17, 15) is 0 Å². The average molecular weight is 196 g/mol. The topological polar surface area (TPSA) is 52.0 Å². The number of benzene rings is 2. The van der Waals surface area contributed by atoms with Crippen molar-refractivity contribution in [1.82, 2.24) is 0 Å². The van der Waals surface area contributed by atoms with Crippen LogP contribution in [0.2, 0.25) is 0 Å². The van der Waals surface area contributed by atoms with Crippen LogP contribution in [0.3, 0.4) is 0 Å². The monoisotopic (exact) mass is 196 g/mol. The van der Waals surface area contributed by atoms with Crippen molar-refractivity contribution in [3.8, 4) is 11.8 Å². The Labute approximate surface area is 88.9 Å². The van der Waals surface area contributed by atoms with Gasteiger partial charge in [0.15, 0.2) is 0 Å². The molecule has 0 bridgehead atoms. The fourth-order valence-electron chi connectivity index (χ4n) is 1.58. The number of nitrogen functional groups attached to an aromatic ring is 1. The van der Waals surface area contributed by atoms with Gasteiger partial charge in [0.1, 0.15) is 0 Å². The van der Waals surface area contributed by atoms with Crippen LogP contribution in [0, 0.1) is 11.8 Å². The molecule has 2 nitrogen and oxygen atoms in total. The largest absolute Gasteiger partial charge is 0.398 e. The zero-order valence-electron chi connectivity index (χ0n) is 8.33. The number of rotatable bonds is 0. The molecule has 0 fully saturated rings. The number of nitrogens with two attached hydrogens (primary N) is 2. The van der Waals surface area contributed by atoms with Gasteiger partial charge in [-0.05, 0) is 17.5 Å². The molecule has 0 saturated heterocycles. The van der Waals surface area contributed by atoms with Crippen molar-refractivity contribution in [2.45, 2.75) is 0 Å². The summed E-state index contributed by atoms with van der Waals surface area (Å²) >= 11 is 0. The number of fused-ring (bicyclic) bond motifs is 1. The van der Waals surface area contributed by atoms with E-state index in [1.165, 1.54) is 0 Å². The number of hydrogen-bond donors (Lipinski definition) is 2. The third kappa shape index (κ3) is 1.78. The van der Waals surface area contributed by atoms with Gasteiger partial charge in [0.25, 0.3) is 0 Å². The van der Waals surface area contributed by atoms with E-state index >= 15 is 0 Å². The molecule has 2 heteroatoms. The normalized spacial score (nSPS) is 9.67. The Morgan fingerprint density at radius 2 is 1.73 bits per heavy atom. The molecule has 0 radical (unpaired) electrons. The molecule has 74 valence electrons. The highest BCUT2D eigenvalue weighted by Crippen LogP contribution is 2.23. The Kier molecular flexibility index (Phi) is 2.57. The highest BCUT2D eigenvalue weighted by Gasteiger charge is 2.00. The SMILES string of the molecule is NCC#Cc1ccc(N)c2ccccc12. The van der Waals surface area contributed by atoms with Gasteiger partial charge in [-0.15, -0.1) is 0 Å². The average Bonchev–Trinajstić information content (AvgIpc) is 2.29. The predicted molar refractivity (Wildman–Crippen MR) is 64.3 cm³/mol. The van der Waals surface area contributed by atoms with Gasteiger partial charge in [-0.25, -0.2) is 0 Å². The van der Waals surface area contributed by atoms with Crippen LogP contribution >= 0.6 is 0 Å². The highest BCUT2D eigenvalue weighted by atomic mass is 14.5. The van der Waals surface area contributed by atoms with Crippen LogP contribution in [0.1, 0.15) is 5.56 Å². The van der Waals surface area contributed by atoms with Crippen LogP contribution in [0.25, 0.3) is 10.8 Å². The minimum absolute atomic E-state index is 0.374. The molecule has 0 spiro atoms. The lowest BCUT2D eigenvalue weighted by Crippen LogP contribution is -1.93. The Morgan fingerprint density at radius 3 is 2.47 bits per heavy atom. The lowest BCUT2D eigenvalue weighted by molar-refractivity contribution is 1.30. The van der Waals surface area contributed by atoms with Crippen molar-refractivity contribution in [3.63, 3.8) is 0 Å². The molecule has 0 atom stereocenters. The molecule has 0 heterocycles. The van der Waals surface area contributed by atoms with Crippen LogP contribution in [0.15, 0.2) is 36.4 Å². The summed E-state index contributed by atoms with van der Waals surface area (Å²) < 4.78 is 0. The van der Waals surface area contributed by atoms with Crippen molar-refractivity contribution < 1.29 is 0 Å². The van der Waals surface area contributed by atoms with Crippen molar-refractivity contribution in [2.75, 3.05) is 12.3 Å². The fraction of sp³-hybridized carbons (Fsp3) is 0.0769. The quantitative estimate of drug-likeness (QED) is 0.498. The minimum Gasteiger partial charge on any atom is -0.398 e. The highest BCUT2D eigenvalue weighted by molar-refractivity contribution is 5.96. The van der Waals surface area contributed by atoms with Crippen LogP contribution in [-0.4, -0.2) is 6.54 Å². The van der Waals surface area contributed by atoms with E-state index < -0.39 is 0 Å². The number of hydrogen-bond acceptors (Lipinski definition) is 2. The van der Waals surface area contributed by atoms with Crippen LogP contribution in [0.4, 0.5) is 5.69 Å². The van der Waals surface area contributed by atoms with Gasteiger partial charge < -0.3 is 11.5 Å². The summed E-state index contributed by atoms with van der Waals surface area (Å²) in [6.45, 7) is 0.374. The van der Waals surface area contributed by atoms with Gasteiger partial charge in [-0.3, -0.25) is 0 Å². The smallest absolute Gasteiger partial charge is 0.0555 e. The first kappa shape index (κ1) is 9.57. The van der Waals surface area contributed by atoms with Crippen molar-refractivity contribution >= 4 is 16.5 Å². The summed E-state index contributed by atoms with van der Waals surface area (Å²) in [7, 11) is 0. The second kappa shape index (κ2) is 4.04. The Balaban J connectivity index is 2.72. The van der Waals surface area contributed by atoms with Crippen LogP contribution < -0.4 is 11.5 Å². The zero-order chi connectivity index (χ0) is 10.7. The zero-order valence-corrected chi connectivity index (χ0v) is 8.33. The van der Waals surface area contributed by atoms with Gasteiger partial charge in [0, 0.05) is 16.6 Å². The standard InChI is InChI=1S/C13H12N2/c14-9-3-4-10-7-8-13(15)12-6-2-1-5-11(10)12/h1-2,5-8H,9,14-15H2. The van der Waals surface area contributed by atoms with Crippen molar-refractivity contribution in [1.29, 1.82) is 0 Å². The summed E-state index contributed by atoms with van der Waals surface area (Å²) in [5.41, 5.74) is 13.0. The van der Waals surface area contributed by atoms with Crippen LogP contribution in [0.5, 0.6) is 0 Å². The molecule has 0 aromatic heterocycles. The maximum Gasteiger partial charge on any atom is 0.0555 e. The van der Waals surface area contributed by atoms with Crippen molar-refractivity contribution in [2.24, 2.45) is 5.73 Å². The molecule has 0 saturated carbocycles. The minimum atomic E-state index is 0.374. The molecule has 15 heavy (non-hydrogen) atoms. The molecule has 2 aromatic carbocycles. The first-order valence-corrected chi connectivity index (χ1v) is 4.79. The van der Waals surface area contributed by atoms with Gasteiger partial charge >= 0.3 is 0 Å². The lowest BCUT2D eigenvalue weighted by Gasteiger charge is -2.03. The van der Waals surface area contributed by atoms with Crippen LogP contribution in [-0.2, 0) is 0 Å². The summed E-state index contributed by atoms with van der Waals surface area (Å²) in [4.78, 5) is 0. The molecule has 4 N–H and O–H groups in total. The second-order valence-corrected chi connectivity index (χ2v) is 3.25. The molecule has 0 aliphatic heterocycles. The van der Waals surface area contributed by atoms with Gasteiger partial charge in [0.2, 0.25) is 0 Å². The Bertz CT molecular complexity index is 547. The van der Waals surface area contributed by atoms with E-state index in [2.05, 4.69) is 11.8 Å². The van der Waals surface area contributed by atoms with Gasteiger partial charge in [-0.2, -0.15) is 0 Å². The molecule has 0 amide bonds. The molecular formula is C13H12N2. The third-order valence-electron chi connectivity index (χ3n) is 2.28. The van der Waals surface area contributed by atoms with E-state index in [0.717, 1.165) is 22.0 Å². The Hall–Kier alpha value is -1.98. The summed E-state index contributed by atoms with van der Waals surface area (Å²) in [6, 6.07) is 11.8. The summed E-state index contributed by atoms with van der Waals surface area (Å²) in [5.74, 6) is 5.90. The first-order valence-electron chi connectivity index (χ1n) is 4.79. The molecule has 2 rings (SSSR count). The van der Waals surface area contributed by atoms with Gasteiger partial charge in [0.05, 0.1) is 6.54 Å². The predicted octanol–water partition coefficient (Wildman–Crippen LogP) is 1.73. The maximum atomic E-state index is 5.88. The van der Waals surface area contributed by atoms with E-state index in [1.54, 1.807) is 0 Å². The van der Waals surface area contributed by atoms with E-state index in [1.807, 2.05) is 36.4 Å². The number of anilines is 1.